The molecule has 4 heteroatoms. The van der Waals surface area contributed by atoms with Crippen molar-refractivity contribution in [3.05, 3.63) is 22.2 Å². The molecule has 1 unspecified atom stereocenters. The largest absolute Gasteiger partial charge is 0.493 e. The molecule has 1 aliphatic rings. The molecule has 1 fully saturated rings. The Morgan fingerprint density at radius 1 is 1.30 bits per heavy atom. The Kier molecular flexibility index (Phi) is 5.55. The Balaban J connectivity index is 2.36. The standard InChI is InChI=1S/C16H24ClNO2/c1-4-11-9-14(19-2)16(20-3)13(15(11)17)10-12-7-5-6-8-18-12/h9,12,18H,4-8,10H2,1-3H3. The highest BCUT2D eigenvalue weighted by Crippen LogP contribution is 2.40. The molecular weight excluding hydrogens is 274 g/mol. The molecule has 2 rings (SSSR count). The number of benzene rings is 1. The van der Waals surface area contributed by atoms with Gasteiger partial charge in [0.25, 0.3) is 0 Å². The molecule has 0 bridgehead atoms. The third-order valence-corrected chi connectivity index (χ3v) is 4.49. The maximum atomic E-state index is 6.58. The van der Waals surface area contributed by atoms with Crippen molar-refractivity contribution >= 4 is 11.6 Å². The third-order valence-electron chi connectivity index (χ3n) is 4.02. The molecule has 1 atom stereocenters. The minimum atomic E-state index is 0.479. The van der Waals surface area contributed by atoms with Crippen molar-refractivity contribution < 1.29 is 9.47 Å². The van der Waals surface area contributed by atoms with Crippen molar-refractivity contribution in [2.45, 2.75) is 45.1 Å². The summed E-state index contributed by atoms with van der Waals surface area (Å²) in [6.45, 7) is 3.20. The zero-order valence-electron chi connectivity index (χ0n) is 12.6. The first-order chi connectivity index (χ1) is 9.71. The smallest absolute Gasteiger partial charge is 0.165 e. The molecule has 0 aliphatic carbocycles. The van der Waals surface area contributed by atoms with Gasteiger partial charge in [-0.15, -0.1) is 0 Å². The molecule has 1 aromatic rings. The second-order valence-electron chi connectivity index (χ2n) is 5.27. The quantitative estimate of drug-likeness (QED) is 0.901. The van der Waals surface area contributed by atoms with Crippen LogP contribution in [0.1, 0.15) is 37.3 Å². The summed E-state index contributed by atoms with van der Waals surface area (Å²) in [5.74, 6) is 1.56. The fourth-order valence-corrected chi connectivity index (χ4v) is 3.24. The number of nitrogens with one attached hydrogen (secondary N) is 1. The van der Waals surface area contributed by atoms with E-state index in [0.29, 0.717) is 6.04 Å². The lowest BCUT2D eigenvalue weighted by Gasteiger charge is -2.25. The van der Waals surface area contributed by atoms with Crippen LogP contribution in [0.2, 0.25) is 5.02 Å². The molecule has 3 nitrogen and oxygen atoms in total. The number of methoxy groups -OCH3 is 2. The Bertz CT molecular complexity index is 456. The van der Waals surface area contributed by atoms with Gasteiger partial charge in [-0.3, -0.25) is 0 Å². The maximum Gasteiger partial charge on any atom is 0.165 e. The number of aryl methyl sites for hydroxylation is 1. The number of rotatable bonds is 5. The van der Waals surface area contributed by atoms with Gasteiger partial charge in [-0.05, 0) is 43.9 Å². The Morgan fingerprint density at radius 3 is 2.65 bits per heavy atom. The van der Waals surface area contributed by atoms with E-state index in [2.05, 4.69) is 12.2 Å². The SMILES string of the molecule is CCc1cc(OC)c(OC)c(CC2CCCCN2)c1Cl. The molecule has 112 valence electrons. The van der Waals surface area contributed by atoms with Gasteiger partial charge >= 0.3 is 0 Å². The molecule has 0 amide bonds. The molecule has 1 heterocycles. The zero-order chi connectivity index (χ0) is 14.5. The van der Waals surface area contributed by atoms with Crippen molar-refractivity contribution in [3.8, 4) is 11.5 Å². The van der Waals surface area contributed by atoms with Crippen LogP contribution in [0.25, 0.3) is 0 Å². The monoisotopic (exact) mass is 297 g/mol. The van der Waals surface area contributed by atoms with Crippen LogP contribution in [0.3, 0.4) is 0 Å². The van der Waals surface area contributed by atoms with Crippen LogP contribution >= 0.6 is 11.6 Å². The Hall–Kier alpha value is -0.930. The van der Waals surface area contributed by atoms with Crippen LogP contribution in [0.15, 0.2) is 6.07 Å². The normalized spacial score (nSPS) is 18.9. The second kappa shape index (κ2) is 7.19. The van der Waals surface area contributed by atoms with Gasteiger partial charge in [0.05, 0.1) is 19.2 Å². The summed E-state index contributed by atoms with van der Waals surface area (Å²) in [6, 6.07) is 2.46. The van der Waals surface area contributed by atoms with Crippen molar-refractivity contribution in [2.24, 2.45) is 0 Å². The summed E-state index contributed by atoms with van der Waals surface area (Å²) >= 11 is 6.58. The van der Waals surface area contributed by atoms with Crippen molar-refractivity contribution in [1.29, 1.82) is 0 Å². The predicted octanol–water partition coefficient (Wildman–Crippen LogP) is 3.60. The van der Waals surface area contributed by atoms with Crippen LogP contribution in [-0.4, -0.2) is 26.8 Å². The van der Waals surface area contributed by atoms with E-state index in [1.165, 1.54) is 19.3 Å². The highest BCUT2D eigenvalue weighted by Gasteiger charge is 2.22. The molecule has 0 saturated carbocycles. The lowest BCUT2D eigenvalue weighted by atomic mass is 9.95. The first-order valence-corrected chi connectivity index (χ1v) is 7.74. The summed E-state index contributed by atoms with van der Waals surface area (Å²) < 4.78 is 11.0. The van der Waals surface area contributed by atoms with Gasteiger partial charge in [0, 0.05) is 11.6 Å². The lowest BCUT2D eigenvalue weighted by Crippen LogP contribution is -2.35. The molecule has 0 spiro atoms. The fourth-order valence-electron chi connectivity index (χ4n) is 2.89. The van der Waals surface area contributed by atoms with Crippen molar-refractivity contribution in [2.75, 3.05) is 20.8 Å². The number of ether oxygens (including phenoxy) is 2. The van der Waals surface area contributed by atoms with Crippen LogP contribution in [-0.2, 0) is 12.8 Å². The van der Waals surface area contributed by atoms with E-state index in [9.17, 15) is 0 Å². The van der Waals surface area contributed by atoms with E-state index >= 15 is 0 Å². The summed E-state index contributed by atoms with van der Waals surface area (Å²) in [4.78, 5) is 0. The molecule has 1 saturated heterocycles. The van der Waals surface area contributed by atoms with Crippen LogP contribution in [0.5, 0.6) is 11.5 Å². The van der Waals surface area contributed by atoms with Crippen molar-refractivity contribution in [3.63, 3.8) is 0 Å². The van der Waals surface area contributed by atoms with Gasteiger partial charge < -0.3 is 14.8 Å². The highest BCUT2D eigenvalue weighted by molar-refractivity contribution is 6.32. The lowest BCUT2D eigenvalue weighted by molar-refractivity contribution is 0.345. The topological polar surface area (TPSA) is 30.5 Å². The van der Waals surface area contributed by atoms with E-state index in [0.717, 1.165) is 47.0 Å². The predicted molar refractivity (Wildman–Crippen MR) is 83.3 cm³/mol. The van der Waals surface area contributed by atoms with E-state index in [1.54, 1.807) is 14.2 Å². The average molecular weight is 298 g/mol. The van der Waals surface area contributed by atoms with E-state index in [-0.39, 0.29) is 0 Å². The second-order valence-corrected chi connectivity index (χ2v) is 5.65. The highest BCUT2D eigenvalue weighted by atomic mass is 35.5. The van der Waals surface area contributed by atoms with Crippen molar-refractivity contribution in [1.82, 2.24) is 5.32 Å². The van der Waals surface area contributed by atoms with Crippen LogP contribution in [0, 0.1) is 0 Å². The third kappa shape index (κ3) is 3.21. The Labute approximate surface area is 126 Å². The van der Waals surface area contributed by atoms with E-state index in [4.69, 9.17) is 21.1 Å². The summed E-state index contributed by atoms with van der Waals surface area (Å²) in [6.07, 6.45) is 5.52. The maximum absolute atomic E-state index is 6.58. The zero-order valence-corrected chi connectivity index (χ0v) is 13.3. The first-order valence-electron chi connectivity index (χ1n) is 7.36. The molecule has 20 heavy (non-hydrogen) atoms. The van der Waals surface area contributed by atoms with Gasteiger partial charge in [0.15, 0.2) is 11.5 Å². The number of hydrogen-bond acceptors (Lipinski definition) is 3. The van der Waals surface area contributed by atoms with E-state index in [1.807, 2.05) is 6.07 Å². The number of hydrogen-bond donors (Lipinski definition) is 1. The molecule has 0 radical (unpaired) electrons. The number of piperidine rings is 1. The van der Waals surface area contributed by atoms with E-state index < -0.39 is 0 Å². The minimum Gasteiger partial charge on any atom is -0.493 e. The van der Waals surface area contributed by atoms with Gasteiger partial charge in [-0.2, -0.15) is 0 Å². The number of halogens is 1. The Morgan fingerprint density at radius 2 is 2.10 bits per heavy atom. The summed E-state index contributed by atoms with van der Waals surface area (Å²) in [5.41, 5.74) is 2.19. The molecule has 1 aliphatic heterocycles. The van der Waals surface area contributed by atoms with Gasteiger partial charge in [-0.1, -0.05) is 24.9 Å². The average Bonchev–Trinajstić information content (AvgIpc) is 2.50. The van der Waals surface area contributed by atoms with Gasteiger partial charge in [0.1, 0.15) is 0 Å². The molecule has 0 aromatic heterocycles. The fraction of sp³-hybridized carbons (Fsp3) is 0.625. The van der Waals surface area contributed by atoms with Gasteiger partial charge in [0.2, 0.25) is 0 Å². The van der Waals surface area contributed by atoms with Gasteiger partial charge in [-0.25, -0.2) is 0 Å². The minimum absolute atomic E-state index is 0.479. The molecule has 1 aromatic carbocycles. The molecular formula is C16H24ClNO2. The molecule has 1 N–H and O–H groups in total. The van der Waals surface area contributed by atoms with Crippen LogP contribution in [0.4, 0.5) is 0 Å². The summed E-state index contributed by atoms with van der Waals surface area (Å²) in [5, 5.41) is 4.40. The first kappa shape index (κ1) is 15.5. The summed E-state index contributed by atoms with van der Waals surface area (Å²) in [7, 11) is 3.35. The van der Waals surface area contributed by atoms with Crippen LogP contribution < -0.4 is 14.8 Å².